The molecule has 0 rings (SSSR count). The zero-order valence-electron chi connectivity index (χ0n) is 19.3. The van der Waals surface area contributed by atoms with Crippen molar-refractivity contribution in [3.8, 4) is 0 Å². The van der Waals surface area contributed by atoms with Gasteiger partial charge in [-0.2, -0.15) is 0 Å². The molecule has 0 saturated carbocycles. The second-order valence-electron chi connectivity index (χ2n) is 7.56. The van der Waals surface area contributed by atoms with E-state index in [1.807, 2.05) is 10.6 Å². The smallest absolute Gasteiger partial charge is 0.322 e. The minimum Gasteiger partial charge on any atom is -0.481 e. The van der Waals surface area contributed by atoms with Crippen LogP contribution in [0.5, 0.6) is 0 Å². The third-order valence-corrected chi connectivity index (χ3v) is 4.55. The molecule has 0 fully saturated rings. The summed E-state index contributed by atoms with van der Waals surface area (Å²) in [6, 6.07) is -6.24. The van der Waals surface area contributed by atoms with Crippen LogP contribution in [-0.4, -0.2) is 106 Å². The zero-order valence-corrected chi connectivity index (χ0v) is 19.3. The zero-order chi connectivity index (χ0) is 27.8. The number of aliphatic hydroxyl groups excluding tert-OH is 1. The van der Waals surface area contributed by atoms with Crippen LogP contribution >= 0.6 is 0 Å². The van der Waals surface area contributed by atoms with Gasteiger partial charge in [0.05, 0.1) is 25.5 Å². The third-order valence-electron chi connectivity index (χ3n) is 4.55. The number of hydrogen-bond acceptors (Lipinski definition) is 10. The van der Waals surface area contributed by atoms with Gasteiger partial charge >= 0.3 is 17.9 Å². The molecule has 12 N–H and O–H groups in total. The average Bonchev–Trinajstić information content (AvgIpc) is 2.78. The molecule has 0 aliphatic heterocycles. The molecule has 0 radical (unpaired) electrons. The number of hydrogen-bond donors (Lipinski definition) is 10. The number of nitrogens with one attached hydrogen (secondary N) is 4. The Morgan fingerprint density at radius 1 is 0.667 bits per heavy atom. The van der Waals surface area contributed by atoms with Crippen LogP contribution in [0.15, 0.2) is 0 Å². The summed E-state index contributed by atoms with van der Waals surface area (Å²) >= 11 is 0. The molecule has 17 heteroatoms. The van der Waals surface area contributed by atoms with Crippen LogP contribution in [-0.2, 0) is 33.6 Å². The quantitative estimate of drug-likeness (QED) is 0.0758. The number of carbonyl (C=O) groups excluding carboxylic acids is 4. The summed E-state index contributed by atoms with van der Waals surface area (Å²) < 4.78 is 0. The van der Waals surface area contributed by atoms with E-state index in [0.717, 1.165) is 0 Å². The number of carboxylic acid groups (broad SMARTS) is 3. The van der Waals surface area contributed by atoms with Crippen molar-refractivity contribution >= 4 is 41.5 Å². The van der Waals surface area contributed by atoms with Crippen LogP contribution in [0, 0.1) is 0 Å². The molecule has 0 saturated heterocycles. The topological polar surface area (TPSA) is 301 Å². The highest BCUT2D eigenvalue weighted by Gasteiger charge is 2.31. The number of nitrogens with two attached hydrogens (primary N) is 2. The molecule has 0 heterocycles. The van der Waals surface area contributed by atoms with Gasteiger partial charge in [0.2, 0.25) is 23.6 Å². The van der Waals surface area contributed by atoms with Crippen molar-refractivity contribution in [2.24, 2.45) is 11.5 Å². The first-order valence-corrected chi connectivity index (χ1v) is 10.7. The molecule has 4 atom stereocenters. The number of aliphatic hydroxyl groups is 1. The number of amides is 4. The van der Waals surface area contributed by atoms with Gasteiger partial charge in [0.15, 0.2) is 0 Å². The van der Waals surface area contributed by atoms with Gasteiger partial charge in [-0.05, 0) is 25.8 Å². The molecule has 204 valence electrons. The Morgan fingerprint density at radius 3 is 1.69 bits per heavy atom. The van der Waals surface area contributed by atoms with Gasteiger partial charge < -0.3 is 53.2 Å². The van der Waals surface area contributed by atoms with Crippen molar-refractivity contribution in [2.75, 3.05) is 19.7 Å². The van der Waals surface area contributed by atoms with E-state index in [2.05, 4.69) is 10.6 Å². The Hall–Kier alpha value is -3.83. The number of unbranched alkanes of at least 4 members (excludes halogenated alkanes) is 1. The maximum absolute atomic E-state index is 12.7. The molecule has 0 aromatic carbocycles. The monoisotopic (exact) mass is 520 g/mol. The molecule has 0 aliphatic carbocycles. The van der Waals surface area contributed by atoms with Gasteiger partial charge in [-0.15, -0.1) is 0 Å². The normalized spacial score (nSPS) is 13.9. The molecule has 0 bridgehead atoms. The largest absolute Gasteiger partial charge is 0.481 e. The maximum Gasteiger partial charge on any atom is 0.322 e. The van der Waals surface area contributed by atoms with Crippen molar-refractivity contribution in [1.82, 2.24) is 21.3 Å². The lowest BCUT2D eigenvalue weighted by Gasteiger charge is -2.25. The lowest BCUT2D eigenvalue weighted by molar-refractivity contribution is -0.142. The van der Waals surface area contributed by atoms with Crippen LogP contribution in [0.25, 0.3) is 0 Å². The van der Waals surface area contributed by atoms with Gasteiger partial charge in [-0.25, -0.2) is 0 Å². The Labute approximate surface area is 204 Å². The Bertz CT molecular complexity index is 822. The second kappa shape index (κ2) is 16.7. The highest BCUT2D eigenvalue weighted by Crippen LogP contribution is 2.04. The van der Waals surface area contributed by atoms with Crippen LogP contribution in [0.4, 0.5) is 0 Å². The van der Waals surface area contributed by atoms with Crippen LogP contribution in [0.3, 0.4) is 0 Å². The molecule has 0 aliphatic rings. The van der Waals surface area contributed by atoms with Crippen LogP contribution in [0.1, 0.15) is 32.1 Å². The molecule has 4 amide bonds. The van der Waals surface area contributed by atoms with Crippen LogP contribution in [0.2, 0.25) is 0 Å². The van der Waals surface area contributed by atoms with Crippen molar-refractivity contribution < 1.29 is 54.0 Å². The minimum atomic E-state index is -1.73. The summed E-state index contributed by atoms with van der Waals surface area (Å²) in [6.45, 7) is -1.43. The first kappa shape index (κ1) is 32.2. The molecule has 0 unspecified atom stereocenters. The molecule has 0 aromatic heterocycles. The average molecular weight is 520 g/mol. The van der Waals surface area contributed by atoms with Gasteiger partial charge in [-0.3, -0.25) is 33.6 Å². The molecule has 0 spiro atoms. The van der Waals surface area contributed by atoms with E-state index in [4.69, 9.17) is 26.8 Å². The van der Waals surface area contributed by atoms with Gasteiger partial charge in [-0.1, -0.05) is 0 Å². The Balaban J connectivity index is 5.54. The molecule has 17 nitrogen and oxygen atoms in total. The third kappa shape index (κ3) is 13.2. The van der Waals surface area contributed by atoms with Gasteiger partial charge in [0.1, 0.15) is 24.7 Å². The SMILES string of the molecule is NCCCC[C@H](NC(=O)[C@H](CC(=O)O)NC(=O)[C@@H](N)CC(=O)O)C(=O)N[C@@H](CO)C(=O)NCC(=O)O. The molecular weight excluding hydrogens is 488 g/mol. The van der Waals surface area contributed by atoms with E-state index >= 15 is 0 Å². The summed E-state index contributed by atoms with van der Waals surface area (Å²) in [7, 11) is 0. The standard InChI is InChI=1S/C19H32N6O11/c20-4-2-1-3-10(18(35)25-12(8-26)17(34)22-7-15(31)32)23-19(36)11(6-14(29)30)24-16(33)9(21)5-13(27)28/h9-12,26H,1-8,20-21H2,(H,22,34)(H,23,36)(H,24,33)(H,25,35)(H,27,28)(H,29,30)(H,31,32)/t9-,10-,11-,12-/m0/s1. The van der Waals surface area contributed by atoms with Crippen molar-refractivity contribution in [3.63, 3.8) is 0 Å². The van der Waals surface area contributed by atoms with Gasteiger partial charge in [0, 0.05) is 0 Å². The second-order valence-corrected chi connectivity index (χ2v) is 7.56. The predicted octanol–water partition coefficient (Wildman–Crippen LogP) is -4.96. The van der Waals surface area contributed by atoms with E-state index < -0.39 is 91.7 Å². The molecule has 0 aromatic rings. The first-order valence-electron chi connectivity index (χ1n) is 10.7. The van der Waals surface area contributed by atoms with E-state index in [1.54, 1.807) is 0 Å². The van der Waals surface area contributed by atoms with Crippen molar-refractivity contribution in [1.29, 1.82) is 0 Å². The summed E-state index contributed by atoms with van der Waals surface area (Å²) in [5, 5.41) is 44.3. The fraction of sp³-hybridized carbons (Fsp3) is 0.632. The van der Waals surface area contributed by atoms with E-state index in [9.17, 15) is 38.7 Å². The summed E-state index contributed by atoms with van der Waals surface area (Å²) in [4.78, 5) is 82.0. The minimum absolute atomic E-state index is 0.0318. The number of carbonyl (C=O) groups is 7. The van der Waals surface area contributed by atoms with Crippen molar-refractivity contribution in [3.05, 3.63) is 0 Å². The lowest BCUT2D eigenvalue weighted by atomic mass is 10.1. The molecular formula is C19H32N6O11. The Morgan fingerprint density at radius 2 is 1.19 bits per heavy atom. The highest BCUT2D eigenvalue weighted by atomic mass is 16.4. The lowest BCUT2D eigenvalue weighted by Crippen LogP contribution is -2.58. The Kier molecular flexibility index (Phi) is 15.0. The fourth-order valence-electron chi connectivity index (χ4n) is 2.73. The molecule has 36 heavy (non-hydrogen) atoms. The number of aliphatic carboxylic acids is 3. The maximum atomic E-state index is 12.7. The summed E-state index contributed by atoms with van der Waals surface area (Å²) in [6.07, 6.45) is -1.00. The highest BCUT2D eigenvalue weighted by molar-refractivity contribution is 5.96. The van der Waals surface area contributed by atoms with E-state index in [0.29, 0.717) is 12.8 Å². The van der Waals surface area contributed by atoms with E-state index in [1.165, 1.54) is 0 Å². The summed E-state index contributed by atoms with van der Waals surface area (Å²) in [5.41, 5.74) is 10.8. The van der Waals surface area contributed by atoms with E-state index in [-0.39, 0.29) is 13.0 Å². The number of rotatable bonds is 18. The fourth-order valence-corrected chi connectivity index (χ4v) is 2.73. The summed E-state index contributed by atoms with van der Waals surface area (Å²) in [5.74, 6) is -8.47. The first-order chi connectivity index (χ1) is 16.8. The van der Waals surface area contributed by atoms with Crippen molar-refractivity contribution in [2.45, 2.75) is 56.3 Å². The van der Waals surface area contributed by atoms with Gasteiger partial charge in [0.25, 0.3) is 0 Å². The number of carboxylic acids is 3. The van der Waals surface area contributed by atoms with Crippen LogP contribution < -0.4 is 32.7 Å². The predicted molar refractivity (Wildman–Crippen MR) is 119 cm³/mol.